The van der Waals surface area contributed by atoms with E-state index in [1.807, 2.05) is 20.8 Å². The fourth-order valence-corrected chi connectivity index (χ4v) is 3.41. The zero-order valence-corrected chi connectivity index (χ0v) is 17.5. The Morgan fingerprint density at radius 2 is 1.66 bits per heavy atom. The Morgan fingerprint density at radius 1 is 1.00 bits per heavy atom. The number of H-pyrrole nitrogens is 1. The highest BCUT2D eigenvalue weighted by molar-refractivity contribution is 5.94. The van der Waals surface area contributed by atoms with Crippen molar-refractivity contribution in [3.05, 3.63) is 17.0 Å². The molecule has 29 heavy (non-hydrogen) atoms. The Kier molecular flexibility index (Phi) is 5.99. The lowest BCUT2D eigenvalue weighted by Gasteiger charge is -2.34. The van der Waals surface area contributed by atoms with Crippen LogP contribution >= 0.6 is 0 Å². The van der Waals surface area contributed by atoms with E-state index in [1.165, 1.54) is 0 Å². The maximum atomic E-state index is 13.0. The molecule has 1 N–H and O–H groups in total. The number of hydrogen-bond acceptors (Lipinski definition) is 6. The summed E-state index contributed by atoms with van der Waals surface area (Å²) in [6.45, 7) is 10.0. The van der Waals surface area contributed by atoms with Crippen LogP contribution in [-0.4, -0.2) is 87.9 Å². The first kappa shape index (κ1) is 20.9. The van der Waals surface area contributed by atoms with Gasteiger partial charge in [-0.1, -0.05) is 0 Å². The Bertz CT molecular complexity index is 776. The monoisotopic (exact) mass is 407 g/mol. The van der Waals surface area contributed by atoms with Crippen molar-refractivity contribution in [1.29, 1.82) is 0 Å². The van der Waals surface area contributed by atoms with Crippen molar-refractivity contribution in [2.45, 2.75) is 46.3 Å². The van der Waals surface area contributed by atoms with Crippen LogP contribution in [-0.2, 0) is 22.4 Å². The molecule has 0 aromatic carbocycles. The molecule has 1 saturated heterocycles. The molecule has 0 aliphatic carbocycles. The normalized spacial score (nSPS) is 17.0. The average Bonchev–Trinajstić information content (AvgIpc) is 3.09. The molecule has 1 aromatic rings. The van der Waals surface area contributed by atoms with Gasteiger partial charge in [0.05, 0.1) is 13.2 Å². The molecule has 0 spiro atoms. The fourth-order valence-electron chi connectivity index (χ4n) is 3.41. The molecule has 3 rings (SSSR count). The molecular formula is C19H29N5O5. The summed E-state index contributed by atoms with van der Waals surface area (Å²) in [5.74, 6) is -0.197. The topological polar surface area (TPSA) is 108 Å². The highest BCUT2D eigenvalue weighted by Crippen LogP contribution is 2.23. The van der Waals surface area contributed by atoms with E-state index in [1.54, 1.807) is 21.6 Å². The van der Waals surface area contributed by atoms with E-state index in [0.717, 1.165) is 11.3 Å². The van der Waals surface area contributed by atoms with Crippen LogP contribution in [0.5, 0.6) is 0 Å². The molecule has 0 saturated carbocycles. The first-order chi connectivity index (χ1) is 13.7. The van der Waals surface area contributed by atoms with Gasteiger partial charge in [-0.05, 0) is 27.7 Å². The largest absolute Gasteiger partial charge is 0.450 e. The second-order valence-corrected chi connectivity index (χ2v) is 8.16. The lowest BCUT2D eigenvalue weighted by molar-refractivity contribution is 0.0221. The van der Waals surface area contributed by atoms with Gasteiger partial charge in [-0.2, -0.15) is 5.10 Å². The van der Waals surface area contributed by atoms with Crippen LogP contribution in [0.25, 0.3) is 0 Å². The first-order valence-electron chi connectivity index (χ1n) is 9.94. The summed E-state index contributed by atoms with van der Waals surface area (Å²) in [4.78, 5) is 42.1. The van der Waals surface area contributed by atoms with Gasteiger partial charge in [0.25, 0.3) is 5.91 Å². The zero-order chi connectivity index (χ0) is 21.2. The van der Waals surface area contributed by atoms with Crippen molar-refractivity contribution >= 4 is 18.1 Å². The summed E-state index contributed by atoms with van der Waals surface area (Å²) in [7, 11) is 0. The number of carbonyl (C=O) groups excluding carboxylic acids is 3. The zero-order valence-electron chi connectivity index (χ0n) is 17.5. The molecule has 3 heterocycles. The third-order valence-electron chi connectivity index (χ3n) is 4.88. The minimum absolute atomic E-state index is 0.197. The van der Waals surface area contributed by atoms with Gasteiger partial charge < -0.3 is 24.2 Å². The van der Waals surface area contributed by atoms with E-state index in [4.69, 9.17) is 9.47 Å². The number of aromatic amines is 1. The standard InChI is InChI=1S/C19H29N5O5/c1-5-28-17(26)23-10-8-22(9-11-23)16(25)15-13-12-24(7-6-14(13)20-21-15)18(27)29-19(2,3)4/h5-12H2,1-4H3,(H,20,21). The number of piperazine rings is 1. The molecule has 0 bridgehead atoms. The molecule has 1 aromatic heterocycles. The number of nitrogens with zero attached hydrogens (tertiary/aromatic N) is 4. The number of aromatic nitrogens is 2. The van der Waals surface area contributed by atoms with Crippen LogP contribution in [0.4, 0.5) is 9.59 Å². The minimum Gasteiger partial charge on any atom is -0.450 e. The Morgan fingerprint density at radius 3 is 2.28 bits per heavy atom. The van der Waals surface area contributed by atoms with Crippen LogP contribution in [0.2, 0.25) is 0 Å². The lowest BCUT2D eigenvalue weighted by atomic mass is 10.0. The molecule has 10 heteroatoms. The number of amides is 3. The van der Waals surface area contributed by atoms with Crippen LogP contribution in [0.15, 0.2) is 0 Å². The van der Waals surface area contributed by atoms with Crippen molar-refractivity contribution < 1.29 is 23.9 Å². The number of fused-ring (bicyclic) bond motifs is 1. The molecule has 160 valence electrons. The lowest BCUT2D eigenvalue weighted by Crippen LogP contribution is -2.51. The van der Waals surface area contributed by atoms with Crippen LogP contribution in [0.1, 0.15) is 49.4 Å². The van der Waals surface area contributed by atoms with E-state index < -0.39 is 11.7 Å². The molecule has 0 atom stereocenters. The van der Waals surface area contributed by atoms with Gasteiger partial charge in [0.1, 0.15) is 5.60 Å². The Hall–Kier alpha value is -2.78. The highest BCUT2D eigenvalue weighted by atomic mass is 16.6. The molecule has 2 aliphatic rings. The summed E-state index contributed by atoms with van der Waals surface area (Å²) in [6, 6.07) is 0. The summed E-state index contributed by atoms with van der Waals surface area (Å²) in [5.41, 5.74) is 1.36. The van der Waals surface area contributed by atoms with E-state index in [-0.39, 0.29) is 18.5 Å². The van der Waals surface area contributed by atoms with Crippen molar-refractivity contribution in [1.82, 2.24) is 24.9 Å². The average molecular weight is 407 g/mol. The van der Waals surface area contributed by atoms with E-state index in [0.29, 0.717) is 51.4 Å². The van der Waals surface area contributed by atoms with Gasteiger partial charge in [-0.15, -0.1) is 0 Å². The summed E-state index contributed by atoms with van der Waals surface area (Å²) >= 11 is 0. The van der Waals surface area contributed by atoms with Gasteiger partial charge >= 0.3 is 12.2 Å². The third kappa shape index (κ3) is 4.80. The third-order valence-corrected chi connectivity index (χ3v) is 4.88. The minimum atomic E-state index is -0.578. The quantitative estimate of drug-likeness (QED) is 0.798. The number of ether oxygens (including phenoxy) is 2. The maximum absolute atomic E-state index is 13.0. The van der Waals surface area contributed by atoms with Crippen LogP contribution in [0.3, 0.4) is 0 Å². The first-order valence-corrected chi connectivity index (χ1v) is 9.94. The second-order valence-electron chi connectivity index (χ2n) is 8.16. The molecule has 0 unspecified atom stereocenters. The molecular weight excluding hydrogens is 378 g/mol. The predicted molar refractivity (Wildman–Crippen MR) is 103 cm³/mol. The predicted octanol–water partition coefficient (Wildman–Crippen LogP) is 1.62. The summed E-state index contributed by atoms with van der Waals surface area (Å²) in [5, 5.41) is 7.16. The van der Waals surface area contributed by atoms with Crippen molar-refractivity contribution in [2.75, 3.05) is 39.3 Å². The van der Waals surface area contributed by atoms with Gasteiger partial charge in [-0.3, -0.25) is 9.89 Å². The number of hydrogen-bond donors (Lipinski definition) is 1. The SMILES string of the molecule is CCOC(=O)N1CCN(C(=O)c2n[nH]c3c2CN(C(=O)OC(C)(C)C)CC3)CC1. The molecule has 10 nitrogen and oxygen atoms in total. The van der Waals surface area contributed by atoms with Crippen LogP contribution in [0, 0.1) is 0 Å². The van der Waals surface area contributed by atoms with Crippen molar-refractivity contribution in [3.8, 4) is 0 Å². The van der Waals surface area contributed by atoms with E-state index in [9.17, 15) is 14.4 Å². The van der Waals surface area contributed by atoms with Crippen molar-refractivity contribution in [3.63, 3.8) is 0 Å². The maximum Gasteiger partial charge on any atom is 0.410 e. The van der Waals surface area contributed by atoms with E-state index >= 15 is 0 Å². The Labute approximate surface area is 170 Å². The smallest absolute Gasteiger partial charge is 0.410 e. The van der Waals surface area contributed by atoms with Gasteiger partial charge in [0.15, 0.2) is 5.69 Å². The van der Waals surface area contributed by atoms with Crippen LogP contribution < -0.4 is 0 Å². The van der Waals surface area contributed by atoms with Gasteiger partial charge in [-0.25, -0.2) is 9.59 Å². The molecule has 0 radical (unpaired) electrons. The fraction of sp³-hybridized carbons (Fsp3) is 0.684. The molecule has 2 aliphatic heterocycles. The van der Waals surface area contributed by atoms with Crippen molar-refractivity contribution in [2.24, 2.45) is 0 Å². The second kappa shape index (κ2) is 8.30. The van der Waals surface area contributed by atoms with Gasteiger partial charge in [0.2, 0.25) is 0 Å². The molecule has 1 fully saturated rings. The van der Waals surface area contributed by atoms with Gasteiger partial charge in [0, 0.05) is 50.4 Å². The molecule has 3 amide bonds. The summed E-state index contributed by atoms with van der Waals surface area (Å²) < 4.78 is 10.5. The summed E-state index contributed by atoms with van der Waals surface area (Å²) in [6.07, 6.45) is -0.165. The number of nitrogens with one attached hydrogen (secondary N) is 1. The number of rotatable bonds is 2. The van der Waals surface area contributed by atoms with E-state index in [2.05, 4.69) is 10.2 Å². The Balaban J connectivity index is 1.65. The number of carbonyl (C=O) groups is 3. The highest BCUT2D eigenvalue weighted by Gasteiger charge is 2.33.